The third-order valence-corrected chi connectivity index (χ3v) is 5.40. The number of hydrogen-bond donors (Lipinski definition) is 1. The van der Waals surface area contributed by atoms with Gasteiger partial charge in [-0.2, -0.15) is 0 Å². The van der Waals surface area contributed by atoms with Gasteiger partial charge in [-0.25, -0.2) is 4.99 Å². The zero-order valence-corrected chi connectivity index (χ0v) is 19.5. The number of fused-ring (bicyclic) bond motifs is 2. The van der Waals surface area contributed by atoms with Crippen molar-refractivity contribution in [3.8, 4) is 22.8 Å². The summed E-state index contributed by atoms with van der Waals surface area (Å²) in [7, 11) is -2.74. The van der Waals surface area contributed by atoms with E-state index < -0.39 is 7.25 Å². The molecule has 184 valence electrons. The lowest BCUT2D eigenvalue weighted by Crippen LogP contribution is -2.70. The Morgan fingerprint density at radius 2 is 1.33 bits per heavy atom. The predicted molar refractivity (Wildman–Crippen MR) is 133 cm³/mol. The monoisotopic (exact) mass is 495 g/mol. The Kier molecular flexibility index (Phi) is 7.29. The van der Waals surface area contributed by atoms with Crippen LogP contribution in [0.25, 0.3) is 33.1 Å². The average molecular weight is 495 g/mol. The second-order valence-electron chi connectivity index (χ2n) is 7.74. The van der Waals surface area contributed by atoms with Crippen LogP contribution in [0.15, 0.2) is 95.4 Å². The smallest absolute Gasteiger partial charge is 0.493 e. The molecule has 0 amide bonds. The summed E-state index contributed by atoms with van der Waals surface area (Å²) in [6, 6.07) is 30.5. The van der Waals surface area contributed by atoms with Gasteiger partial charge in [0.15, 0.2) is 11.5 Å². The predicted octanol–water partition coefficient (Wildman–Crippen LogP) is 5.88. The number of methoxy groups -OCH3 is 2. The average Bonchev–Trinajstić information content (AvgIpc) is 2.87. The summed E-state index contributed by atoms with van der Waals surface area (Å²) in [6.07, 6.45) is 0. The largest absolute Gasteiger partial charge is 0.673 e. The van der Waals surface area contributed by atoms with Crippen LogP contribution in [0.1, 0.15) is 0 Å². The molecular weight excluding hydrogens is 473 g/mol. The molecule has 0 saturated carbocycles. The highest BCUT2D eigenvalue weighted by atomic mass is 19.5. The molecule has 36 heavy (non-hydrogen) atoms. The molecule has 0 radical (unpaired) electrons. The van der Waals surface area contributed by atoms with Crippen LogP contribution < -0.4 is 19.8 Å². The molecule has 9 heteroatoms. The Morgan fingerprint density at radius 1 is 0.694 bits per heavy atom. The van der Waals surface area contributed by atoms with E-state index in [9.17, 15) is 17.3 Å². The molecule has 4 nitrogen and oxygen atoms in total. The van der Waals surface area contributed by atoms with Crippen LogP contribution in [0.4, 0.5) is 23.0 Å². The van der Waals surface area contributed by atoms with Gasteiger partial charge in [0.2, 0.25) is 11.0 Å². The molecule has 1 aromatic heterocycles. The maximum absolute atomic E-state index is 9.75. The van der Waals surface area contributed by atoms with Crippen LogP contribution in [0.2, 0.25) is 0 Å². The molecule has 5 aromatic rings. The van der Waals surface area contributed by atoms with E-state index in [-0.39, 0.29) is 0 Å². The molecule has 5 rings (SSSR count). The number of rotatable bonds is 4. The van der Waals surface area contributed by atoms with Crippen molar-refractivity contribution in [3.63, 3.8) is 0 Å². The van der Waals surface area contributed by atoms with Gasteiger partial charge in [0.1, 0.15) is 11.3 Å². The lowest BCUT2D eigenvalue weighted by Gasteiger charge is -2.09. The number of benzene rings is 4. The molecule has 0 spiro atoms. The van der Waals surface area contributed by atoms with E-state index in [1.54, 1.807) is 14.2 Å². The van der Waals surface area contributed by atoms with Crippen molar-refractivity contribution in [2.75, 3.05) is 14.2 Å². The molecule has 0 atom stereocenters. The highest BCUT2D eigenvalue weighted by Crippen LogP contribution is 2.32. The fraction of sp³-hybridized carbons (Fsp3) is 0.0741. The molecule has 0 aliphatic carbocycles. The van der Waals surface area contributed by atoms with Gasteiger partial charge in [0.25, 0.3) is 0 Å². The normalized spacial score (nSPS) is 11.8. The molecule has 0 fully saturated rings. The Hall–Kier alpha value is -4.27. The maximum Gasteiger partial charge on any atom is 0.673 e. The molecule has 0 bridgehead atoms. The minimum absolute atomic E-state index is 0.659. The summed E-state index contributed by atoms with van der Waals surface area (Å²) in [5.74, 6) is 2.08. The molecule has 1 N–H and O–H groups in total. The van der Waals surface area contributed by atoms with Crippen molar-refractivity contribution in [2.24, 2.45) is 0 Å². The van der Waals surface area contributed by atoms with Gasteiger partial charge in [0.05, 0.1) is 31.1 Å². The van der Waals surface area contributed by atoms with Gasteiger partial charge < -0.3 is 31.2 Å². The quantitative estimate of drug-likeness (QED) is 0.250. The summed E-state index contributed by atoms with van der Waals surface area (Å²) >= 11 is 0. The van der Waals surface area contributed by atoms with Crippen LogP contribution >= 0.6 is 0 Å². The van der Waals surface area contributed by atoms with Crippen molar-refractivity contribution < 1.29 is 36.1 Å². The standard InChI is InChI=1S/C27H21NO3.BF4/c1-29-25-15-14-19(16-27(25)30-2)26-17-23(21-11-5-6-13-24(21)31-26)28-22-12-7-9-18-8-3-4-10-20(18)22;2-1(3,4)5/h3-17H,1-2H3;/q;-1/p+1. The molecule has 0 aliphatic heterocycles. The lowest BCUT2D eigenvalue weighted by atomic mass is 10.1. The summed E-state index contributed by atoms with van der Waals surface area (Å²) < 4.78 is 56.1. The summed E-state index contributed by atoms with van der Waals surface area (Å²) in [4.78, 5) is 3.64. The Labute approximate surface area is 204 Å². The summed E-state index contributed by atoms with van der Waals surface area (Å²) in [6.45, 7) is 0. The molecule has 0 saturated heterocycles. The Bertz CT molecular complexity index is 1570. The van der Waals surface area contributed by atoms with Crippen LogP contribution in [-0.2, 0) is 0 Å². The zero-order valence-electron chi connectivity index (χ0n) is 19.5. The molecule has 4 aromatic carbocycles. The first-order valence-electron chi connectivity index (χ1n) is 11.0. The second kappa shape index (κ2) is 10.6. The fourth-order valence-corrected chi connectivity index (χ4v) is 3.85. The number of nitrogens with one attached hydrogen (secondary N) is 1. The van der Waals surface area contributed by atoms with Gasteiger partial charge in [-0.1, -0.05) is 42.5 Å². The third-order valence-electron chi connectivity index (χ3n) is 5.40. The highest BCUT2D eigenvalue weighted by molar-refractivity contribution is 6.50. The van der Waals surface area contributed by atoms with E-state index in [0.29, 0.717) is 11.5 Å². The first-order valence-corrected chi connectivity index (χ1v) is 11.0. The minimum Gasteiger partial charge on any atom is -0.493 e. The topological polar surface area (TPSA) is 45.6 Å². The van der Waals surface area contributed by atoms with Gasteiger partial charge in [0, 0.05) is 11.6 Å². The SMILES string of the molecule is COc1ccc(-c2cc(=[NH+]c3cccc4ccccc34)c3ccccc3o2)cc1OC.F[B-](F)(F)F. The fourth-order valence-electron chi connectivity index (χ4n) is 3.85. The number of hydrogen-bond acceptors (Lipinski definition) is 3. The number of ether oxygens (including phenoxy) is 2. The van der Waals surface area contributed by atoms with Crippen molar-refractivity contribution in [1.82, 2.24) is 0 Å². The van der Waals surface area contributed by atoms with Gasteiger partial charge >= 0.3 is 7.25 Å². The highest BCUT2D eigenvalue weighted by Gasteiger charge is 2.20. The van der Waals surface area contributed by atoms with E-state index in [1.165, 1.54) is 10.8 Å². The van der Waals surface area contributed by atoms with E-state index >= 15 is 0 Å². The summed E-state index contributed by atoms with van der Waals surface area (Å²) in [5, 5.41) is 4.35. The van der Waals surface area contributed by atoms with Gasteiger partial charge in [-0.3, -0.25) is 0 Å². The van der Waals surface area contributed by atoms with Gasteiger partial charge in [-0.05, 0) is 41.8 Å². The molecule has 1 heterocycles. The van der Waals surface area contributed by atoms with E-state index in [0.717, 1.165) is 33.3 Å². The first-order chi connectivity index (χ1) is 17.3. The first kappa shape index (κ1) is 24.8. The van der Waals surface area contributed by atoms with E-state index in [2.05, 4.69) is 53.5 Å². The van der Waals surface area contributed by atoms with E-state index in [4.69, 9.17) is 13.9 Å². The van der Waals surface area contributed by atoms with Gasteiger partial charge in [-0.15, -0.1) is 0 Å². The minimum atomic E-state index is -6.00. The van der Waals surface area contributed by atoms with Crippen molar-refractivity contribution in [3.05, 3.63) is 96.4 Å². The van der Waals surface area contributed by atoms with Crippen LogP contribution in [0, 0.1) is 0 Å². The lowest BCUT2D eigenvalue weighted by molar-refractivity contribution is -0.399. The van der Waals surface area contributed by atoms with Crippen molar-refractivity contribution >= 4 is 34.7 Å². The molecule has 0 aliphatic rings. The summed E-state index contributed by atoms with van der Waals surface area (Å²) in [5.41, 5.74) is 2.76. The second-order valence-corrected chi connectivity index (χ2v) is 7.74. The molecular formula is C27H22BF4NO3. The Morgan fingerprint density at radius 3 is 2.06 bits per heavy atom. The van der Waals surface area contributed by atoms with Crippen LogP contribution in [-0.4, -0.2) is 21.5 Å². The van der Waals surface area contributed by atoms with Crippen LogP contribution in [0.5, 0.6) is 11.5 Å². The molecule has 0 unspecified atom stereocenters. The maximum atomic E-state index is 9.75. The third kappa shape index (κ3) is 5.86. The van der Waals surface area contributed by atoms with Crippen LogP contribution in [0.3, 0.4) is 0 Å². The zero-order chi connectivity index (χ0) is 25.7. The number of para-hydroxylation sites is 1. The number of halogens is 4. The van der Waals surface area contributed by atoms with E-state index in [1.807, 2.05) is 42.5 Å². The van der Waals surface area contributed by atoms with Crippen molar-refractivity contribution in [2.45, 2.75) is 0 Å². The Balaban J connectivity index is 0.000000556. The van der Waals surface area contributed by atoms with Crippen molar-refractivity contribution in [1.29, 1.82) is 0 Å².